The molecule has 0 spiro atoms. The second-order valence-corrected chi connectivity index (χ2v) is 2.73. The van der Waals surface area contributed by atoms with Crippen molar-refractivity contribution in [3.05, 3.63) is 29.1 Å². The second-order valence-electron chi connectivity index (χ2n) is 2.47. The van der Waals surface area contributed by atoms with Gasteiger partial charge in [-0.2, -0.15) is 0 Å². The third kappa shape index (κ3) is 2.35. The normalized spacial score (nSPS) is 10.8. The van der Waals surface area contributed by atoms with Crippen LogP contribution in [0.4, 0.5) is 8.78 Å². The molecule has 0 saturated heterocycles. The molecule has 1 heterocycles. The van der Waals surface area contributed by atoms with Crippen molar-refractivity contribution in [1.29, 1.82) is 0 Å². The first-order chi connectivity index (χ1) is 6.19. The van der Waals surface area contributed by atoms with Crippen LogP contribution in [0.1, 0.15) is 23.2 Å². The maximum Gasteiger partial charge on any atom is 0.265 e. The SMILES string of the molecule is OCc1ncc(C(F)F)cc1CCl. The molecule has 0 fully saturated rings. The predicted octanol–water partition coefficient (Wildman–Crippen LogP) is 2.25. The van der Waals surface area contributed by atoms with Crippen LogP contribution in [0.15, 0.2) is 12.3 Å². The first-order valence-corrected chi connectivity index (χ1v) is 4.15. The maximum atomic E-state index is 12.2. The van der Waals surface area contributed by atoms with E-state index in [1.165, 1.54) is 6.07 Å². The van der Waals surface area contributed by atoms with E-state index in [-0.39, 0.29) is 18.1 Å². The summed E-state index contributed by atoms with van der Waals surface area (Å²) in [7, 11) is 0. The topological polar surface area (TPSA) is 33.1 Å². The molecule has 2 nitrogen and oxygen atoms in total. The lowest BCUT2D eigenvalue weighted by Crippen LogP contribution is -1.98. The lowest BCUT2D eigenvalue weighted by molar-refractivity contribution is 0.150. The number of nitrogens with zero attached hydrogens (tertiary/aromatic N) is 1. The van der Waals surface area contributed by atoms with Crippen molar-refractivity contribution in [3.63, 3.8) is 0 Å². The average molecular weight is 208 g/mol. The van der Waals surface area contributed by atoms with Gasteiger partial charge in [0.2, 0.25) is 0 Å². The van der Waals surface area contributed by atoms with Gasteiger partial charge in [-0.1, -0.05) is 0 Å². The third-order valence-electron chi connectivity index (χ3n) is 1.63. The van der Waals surface area contributed by atoms with E-state index in [1.807, 2.05) is 0 Å². The molecule has 0 amide bonds. The van der Waals surface area contributed by atoms with Crippen LogP contribution >= 0.6 is 11.6 Å². The molecule has 5 heteroatoms. The van der Waals surface area contributed by atoms with Crippen LogP contribution in [0, 0.1) is 0 Å². The minimum atomic E-state index is -2.55. The van der Waals surface area contributed by atoms with Crippen molar-refractivity contribution in [1.82, 2.24) is 4.98 Å². The number of aliphatic hydroxyl groups excluding tert-OH is 1. The molecule has 0 unspecified atom stereocenters. The number of hydrogen-bond donors (Lipinski definition) is 1. The van der Waals surface area contributed by atoms with Gasteiger partial charge in [0.1, 0.15) is 0 Å². The molecule has 1 rings (SSSR count). The summed E-state index contributed by atoms with van der Waals surface area (Å²) in [5.41, 5.74) is 0.620. The molecule has 13 heavy (non-hydrogen) atoms. The smallest absolute Gasteiger partial charge is 0.265 e. The average Bonchev–Trinajstić information content (AvgIpc) is 2.16. The predicted molar refractivity (Wildman–Crippen MR) is 44.7 cm³/mol. The Balaban J connectivity index is 3.05. The summed E-state index contributed by atoms with van der Waals surface area (Å²) in [6.07, 6.45) is -1.51. The largest absolute Gasteiger partial charge is 0.390 e. The quantitative estimate of drug-likeness (QED) is 0.772. The lowest BCUT2D eigenvalue weighted by Gasteiger charge is -2.05. The van der Waals surface area contributed by atoms with Crippen molar-refractivity contribution in [2.24, 2.45) is 0 Å². The van der Waals surface area contributed by atoms with Gasteiger partial charge in [-0.25, -0.2) is 8.78 Å². The number of alkyl halides is 3. The summed E-state index contributed by atoms with van der Waals surface area (Å²) >= 11 is 5.49. The number of halogens is 3. The van der Waals surface area contributed by atoms with Crippen molar-refractivity contribution in [2.45, 2.75) is 18.9 Å². The fourth-order valence-corrected chi connectivity index (χ4v) is 1.17. The molecule has 0 atom stereocenters. The van der Waals surface area contributed by atoms with Gasteiger partial charge in [0, 0.05) is 17.6 Å². The summed E-state index contributed by atoms with van der Waals surface area (Å²) in [6, 6.07) is 1.26. The van der Waals surface area contributed by atoms with Crippen molar-refractivity contribution in [3.8, 4) is 0 Å². The van der Waals surface area contributed by atoms with E-state index in [2.05, 4.69) is 4.98 Å². The Labute approximate surface area is 79.2 Å². The molecule has 72 valence electrons. The number of rotatable bonds is 3. The van der Waals surface area contributed by atoms with Crippen LogP contribution in [0.3, 0.4) is 0 Å². The lowest BCUT2D eigenvalue weighted by atomic mass is 10.1. The Bertz CT molecular complexity index is 293. The zero-order valence-corrected chi connectivity index (χ0v) is 7.43. The molecule has 0 bridgehead atoms. The Hall–Kier alpha value is -0.740. The van der Waals surface area contributed by atoms with E-state index in [4.69, 9.17) is 16.7 Å². The molecule has 0 aliphatic carbocycles. The minimum Gasteiger partial charge on any atom is -0.390 e. The van der Waals surface area contributed by atoms with Gasteiger partial charge in [0.15, 0.2) is 0 Å². The van der Waals surface area contributed by atoms with Crippen molar-refractivity contribution >= 4 is 11.6 Å². The third-order valence-corrected chi connectivity index (χ3v) is 1.91. The van der Waals surface area contributed by atoms with Crippen LogP contribution in [0.5, 0.6) is 0 Å². The van der Waals surface area contributed by atoms with Gasteiger partial charge >= 0.3 is 0 Å². The molecule has 0 aromatic carbocycles. The second kappa shape index (κ2) is 4.48. The summed E-state index contributed by atoms with van der Waals surface area (Å²) in [4.78, 5) is 3.67. The Morgan fingerprint density at radius 2 is 2.23 bits per heavy atom. The van der Waals surface area contributed by atoms with E-state index in [9.17, 15) is 8.78 Å². The van der Waals surface area contributed by atoms with Gasteiger partial charge in [0.25, 0.3) is 6.43 Å². The van der Waals surface area contributed by atoms with E-state index in [1.54, 1.807) is 0 Å². The zero-order valence-electron chi connectivity index (χ0n) is 6.67. The van der Waals surface area contributed by atoms with E-state index < -0.39 is 6.43 Å². The zero-order chi connectivity index (χ0) is 9.84. The van der Waals surface area contributed by atoms with E-state index in [0.717, 1.165) is 6.20 Å². The maximum absolute atomic E-state index is 12.2. The molecule has 1 aromatic heterocycles. The number of aliphatic hydroxyl groups is 1. The molecule has 1 N–H and O–H groups in total. The number of aromatic nitrogens is 1. The Morgan fingerprint density at radius 3 is 2.69 bits per heavy atom. The van der Waals surface area contributed by atoms with Gasteiger partial charge in [-0.05, 0) is 11.6 Å². The Kier molecular flexibility index (Phi) is 3.57. The highest BCUT2D eigenvalue weighted by Gasteiger charge is 2.10. The van der Waals surface area contributed by atoms with Gasteiger partial charge < -0.3 is 5.11 Å². The Morgan fingerprint density at radius 1 is 1.54 bits per heavy atom. The monoisotopic (exact) mass is 207 g/mol. The van der Waals surface area contributed by atoms with Gasteiger partial charge in [-0.3, -0.25) is 4.98 Å². The van der Waals surface area contributed by atoms with E-state index >= 15 is 0 Å². The highest BCUT2D eigenvalue weighted by molar-refractivity contribution is 6.17. The summed E-state index contributed by atoms with van der Waals surface area (Å²) in [5, 5.41) is 8.77. The van der Waals surface area contributed by atoms with Crippen LogP contribution in [0.25, 0.3) is 0 Å². The van der Waals surface area contributed by atoms with Gasteiger partial charge in [0.05, 0.1) is 12.3 Å². The summed E-state index contributed by atoms with van der Waals surface area (Å²) in [5.74, 6) is 0.0729. The highest BCUT2D eigenvalue weighted by Crippen LogP contribution is 2.21. The first-order valence-electron chi connectivity index (χ1n) is 3.61. The molecule has 0 aliphatic heterocycles. The number of hydrogen-bond acceptors (Lipinski definition) is 2. The van der Waals surface area contributed by atoms with Gasteiger partial charge in [-0.15, -0.1) is 11.6 Å². The molecular weight excluding hydrogens is 200 g/mol. The van der Waals surface area contributed by atoms with Crippen LogP contribution in [0.2, 0.25) is 0 Å². The molecule has 0 radical (unpaired) electrons. The molecule has 0 aliphatic rings. The fourth-order valence-electron chi connectivity index (χ4n) is 0.935. The van der Waals surface area contributed by atoms with Crippen LogP contribution in [-0.4, -0.2) is 10.1 Å². The molecule has 1 aromatic rings. The summed E-state index contributed by atoms with van der Waals surface area (Å²) in [6.45, 7) is -0.286. The molecular formula is C8H8ClF2NO. The van der Waals surface area contributed by atoms with E-state index in [0.29, 0.717) is 11.3 Å². The highest BCUT2D eigenvalue weighted by atomic mass is 35.5. The van der Waals surface area contributed by atoms with Crippen molar-refractivity contribution in [2.75, 3.05) is 0 Å². The fraction of sp³-hybridized carbons (Fsp3) is 0.375. The number of pyridine rings is 1. The standard InChI is InChI=1S/C8H8ClF2NO/c9-2-5-1-6(8(10)11)3-12-7(5)4-13/h1,3,8,13H,2,4H2. The first kappa shape index (κ1) is 10.3. The van der Waals surface area contributed by atoms with Crippen LogP contribution < -0.4 is 0 Å². The van der Waals surface area contributed by atoms with Crippen LogP contribution in [-0.2, 0) is 12.5 Å². The summed E-state index contributed by atoms with van der Waals surface area (Å²) < 4.78 is 24.3. The molecule has 0 saturated carbocycles. The van der Waals surface area contributed by atoms with Crippen molar-refractivity contribution < 1.29 is 13.9 Å². The minimum absolute atomic E-state index is 0.0729.